The van der Waals surface area contributed by atoms with Gasteiger partial charge in [-0.25, -0.2) is 4.98 Å². The molecule has 2 N–H and O–H groups in total. The van der Waals surface area contributed by atoms with E-state index in [4.69, 9.17) is 0 Å². The molecular formula is C13H19N3OS. The van der Waals surface area contributed by atoms with Gasteiger partial charge in [-0.05, 0) is 18.8 Å². The number of rotatable bonds is 4. The summed E-state index contributed by atoms with van der Waals surface area (Å²) >= 11 is 1.66. The molecule has 0 aromatic carbocycles. The minimum Gasteiger partial charge on any atom is -0.396 e. The normalized spacial score (nSPS) is 24.7. The van der Waals surface area contributed by atoms with E-state index in [1.165, 1.54) is 19.3 Å². The van der Waals surface area contributed by atoms with Gasteiger partial charge in [0, 0.05) is 37.0 Å². The summed E-state index contributed by atoms with van der Waals surface area (Å²) in [5, 5.41) is 15.0. The second-order valence-corrected chi connectivity index (χ2v) is 5.91. The van der Waals surface area contributed by atoms with Crippen molar-refractivity contribution in [3.63, 3.8) is 0 Å². The van der Waals surface area contributed by atoms with Gasteiger partial charge in [0.05, 0.1) is 5.69 Å². The van der Waals surface area contributed by atoms with Crippen LogP contribution in [0.1, 0.15) is 31.4 Å². The first kappa shape index (κ1) is 12.1. The van der Waals surface area contributed by atoms with Gasteiger partial charge in [0.1, 0.15) is 0 Å². The topological polar surface area (TPSA) is 49.6 Å². The molecule has 2 unspecified atom stereocenters. The van der Waals surface area contributed by atoms with E-state index in [1.54, 1.807) is 11.3 Å². The summed E-state index contributed by atoms with van der Waals surface area (Å²) in [6, 6.07) is 0.448. The predicted molar refractivity (Wildman–Crippen MR) is 72.7 cm³/mol. The van der Waals surface area contributed by atoms with Crippen molar-refractivity contribution < 1.29 is 5.11 Å². The van der Waals surface area contributed by atoms with Gasteiger partial charge in [-0.3, -0.25) is 4.40 Å². The zero-order chi connectivity index (χ0) is 12.4. The Hall–Kier alpha value is -0.910. The molecule has 1 aliphatic rings. The van der Waals surface area contributed by atoms with Crippen molar-refractivity contribution in [2.45, 2.75) is 38.3 Å². The van der Waals surface area contributed by atoms with Crippen LogP contribution in [-0.4, -0.2) is 27.1 Å². The molecule has 2 aromatic rings. The summed E-state index contributed by atoms with van der Waals surface area (Å²) in [4.78, 5) is 5.61. The van der Waals surface area contributed by atoms with Crippen molar-refractivity contribution in [3.8, 4) is 0 Å². The number of fused-ring (bicyclic) bond motifs is 1. The number of nitrogens with zero attached hydrogens (tertiary/aromatic N) is 2. The first-order valence-electron chi connectivity index (χ1n) is 6.62. The maximum absolute atomic E-state index is 9.38. The lowest BCUT2D eigenvalue weighted by Gasteiger charge is -2.30. The first-order chi connectivity index (χ1) is 8.86. The highest BCUT2D eigenvalue weighted by Gasteiger charge is 2.23. The Balaban J connectivity index is 1.61. The number of hydrogen-bond donors (Lipinski definition) is 2. The van der Waals surface area contributed by atoms with Crippen LogP contribution in [0.4, 0.5) is 0 Å². The van der Waals surface area contributed by atoms with Crippen molar-refractivity contribution in [3.05, 3.63) is 23.5 Å². The number of nitrogens with one attached hydrogen (secondary N) is 1. The molecular weight excluding hydrogens is 246 g/mol. The van der Waals surface area contributed by atoms with Crippen LogP contribution in [0, 0.1) is 5.92 Å². The van der Waals surface area contributed by atoms with E-state index in [2.05, 4.69) is 20.9 Å². The highest BCUT2D eigenvalue weighted by molar-refractivity contribution is 7.15. The molecule has 2 aromatic heterocycles. The lowest BCUT2D eigenvalue weighted by atomic mass is 9.85. The Morgan fingerprint density at radius 2 is 2.33 bits per heavy atom. The maximum atomic E-state index is 9.38. The molecule has 0 amide bonds. The van der Waals surface area contributed by atoms with Crippen molar-refractivity contribution in [2.24, 2.45) is 5.92 Å². The summed E-state index contributed by atoms with van der Waals surface area (Å²) in [6.45, 7) is 1.10. The van der Waals surface area contributed by atoms with E-state index in [0.29, 0.717) is 18.6 Å². The van der Waals surface area contributed by atoms with Gasteiger partial charge < -0.3 is 10.4 Å². The number of thiazole rings is 1. The summed E-state index contributed by atoms with van der Waals surface area (Å²) in [5.74, 6) is 0.419. The molecule has 2 atom stereocenters. The van der Waals surface area contributed by atoms with Crippen LogP contribution < -0.4 is 5.32 Å². The molecule has 4 nitrogen and oxygen atoms in total. The monoisotopic (exact) mass is 265 g/mol. The molecule has 0 bridgehead atoms. The van der Waals surface area contributed by atoms with Gasteiger partial charge in [0.25, 0.3) is 0 Å². The molecule has 2 heterocycles. The fourth-order valence-corrected chi connectivity index (χ4v) is 3.51. The zero-order valence-electron chi connectivity index (χ0n) is 10.4. The molecule has 18 heavy (non-hydrogen) atoms. The van der Waals surface area contributed by atoms with E-state index in [9.17, 15) is 5.11 Å². The highest BCUT2D eigenvalue weighted by Crippen LogP contribution is 2.24. The van der Waals surface area contributed by atoms with Gasteiger partial charge in [0.15, 0.2) is 4.96 Å². The van der Waals surface area contributed by atoms with Crippen LogP contribution in [0.5, 0.6) is 0 Å². The smallest absolute Gasteiger partial charge is 0.193 e. The highest BCUT2D eigenvalue weighted by atomic mass is 32.1. The van der Waals surface area contributed by atoms with Crippen molar-refractivity contribution in [2.75, 3.05) is 6.61 Å². The van der Waals surface area contributed by atoms with Crippen LogP contribution in [0.15, 0.2) is 17.8 Å². The molecule has 1 saturated carbocycles. The number of aromatic nitrogens is 2. The van der Waals surface area contributed by atoms with Crippen LogP contribution >= 0.6 is 11.3 Å². The third-order valence-corrected chi connectivity index (χ3v) is 4.60. The molecule has 0 spiro atoms. The molecule has 3 rings (SSSR count). The van der Waals surface area contributed by atoms with E-state index in [-0.39, 0.29) is 0 Å². The van der Waals surface area contributed by atoms with Crippen molar-refractivity contribution in [1.82, 2.24) is 14.7 Å². The maximum Gasteiger partial charge on any atom is 0.193 e. The van der Waals surface area contributed by atoms with Crippen LogP contribution in [0.25, 0.3) is 4.96 Å². The predicted octanol–water partition coefficient (Wildman–Crippen LogP) is 2.04. The fraction of sp³-hybridized carbons (Fsp3) is 0.615. The van der Waals surface area contributed by atoms with Crippen LogP contribution in [-0.2, 0) is 6.54 Å². The third kappa shape index (κ3) is 2.43. The van der Waals surface area contributed by atoms with Gasteiger partial charge in [-0.2, -0.15) is 0 Å². The Morgan fingerprint density at radius 3 is 3.17 bits per heavy atom. The minimum absolute atomic E-state index is 0.302. The van der Waals surface area contributed by atoms with E-state index >= 15 is 0 Å². The standard InChI is InChI=1S/C13H19N3OS/c17-9-10-3-1-2-4-12(10)14-7-11-8-16-5-6-18-13(16)15-11/h5-6,8,10,12,14,17H,1-4,7,9H2. The molecule has 0 saturated heterocycles. The van der Waals surface area contributed by atoms with Gasteiger partial charge >= 0.3 is 0 Å². The Bertz CT molecular complexity index is 479. The summed E-state index contributed by atoms with van der Waals surface area (Å²) in [5.41, 5.74) is 1.09. The number of hydrogen-bond acceptors (Lipinski definition) is 4. The Kier molecular flexibility index (Phi) is 3.63. The largest absolute Gasteiger partial charge is 0.396 e. The molecule has 1 aliphatic carbocycles. The Labute approximate surface area is 111 Å². The van der Waals surface area contributed by atoms with E-state index in [1.807, 2.05) is 11.6 Å². The van der Waals surface area contributed by atoms with Gasteiger partial charge in [-0.1, -0.05) is 12.8 Å². The zero-order valence-corrected chi connectivity index (χ0v) is 11.2. The third-order valence-electron chi connectivity index (χ3n) is 3.83. The summed E-state index contributed by atoms with van der Waals surface area (Å²) < 4.78 is 2.06. The second-order valence-electron chi connectivity index (χ2n) is 5.04. The average molecular weight is 265 g/mol. The lowest BCUT2D eigenvalue weighted by Crippen LogP contribution is -2.39. The lowest BCUT2D eigenvalue weighted by molar-refractivity contribution is 0.152. The second kappa shape index (κ2) is 5.38. The van der Waals surface area contributed by atoms with Gasteiger partial charge in [0.2, 0.25) is 0 Å². The average Bonchev–Trinajstić information content (AvgIpc) is 2.97. The number of aliphatic hydroxyl groups is 1. The molecule has 0 aliphatic heterocycles. The van der Waals surface area contributed by atoms with Crippen molar-refractivity contribution >= 4 is 16.3 Å². The molecule has 1 fully saturated rings. The fourth-order valence-electron chi connectivity index (χ4n) is 2.79. The van der Waals surface area contributed by atoms with Crippen LogP contribution in [0.3, 0.4) is 0 Å². The summed E-state index contributed by atoms with van der Waals surface area (Å²) in [7, 11) is 0. The quantitative estimate of drug-likeness (QED) is 0.889. The number of aliphatic hydroxyl groups excluding tert-OH is 1. The SMILES string of the molecule is OCC1CCCCC1NCc1cn2ccsc2n1. The van der Waals surface area contributed by atoms with Crippen LogP contribution in [0.2, 0.25) is 0 Å². The minimum atomic E-state index is 0.302. The molecule has 5 heteroatoms. The summed E-state index contributed by atoms with van der Waals surface area (Å²) in [6.07, 6.45) is 8.96. The van der Waals surface area contributed by atoms with Gasteiger partial charge in [-0.15, -0.1) is 11.3 Å². The molecule has 0 radical (unpaired) electrons. The van der Waals surface area contributed by atoms with Crippen molar-refractivity contribution in [1.29, 1.82) is 0 Å². The van der Waals surface area contributed by atoms with E-state index in [0.717, 1.165) is 23.6 Å². The molecule has 98 valence electrons. The Morgan fingerprint density at radius 1 is 1.44 bits per heavy atom. The first-order valence-corrected chi connectivity index (χ1v) is 7.50. The van der Waals surface area contributed by atoms with E-state index < -0.39 is 0 Å². The number of imidazole rings is 1.